The van der Waals surface area contributed by atoms with Crippen LogP contribution in [0.2, 0.25) is 0 Å². The molecule has 0 unspecified atom stereocenters. The summed E-state index contributed by atoms with van der Waals surface area (Å²) in [4.78, 5) is 20.1. The average molecular weight is 293 g/mol. The van der Waals surface area contributed by atoms with Crippen molar-refractivity contribution < 1.29 is 4.79 Å². The molecule has 2 aromatic rings. The number of hydrogen-bond donors (Lipinski definition) is 2. The summed E-state index contributed by atoms with van der Waals surface area (Å²) >= 11 is 1.39. The van der Waals surface area contributed by atoms with Crippen molar-refractivity contribution in [2.45, 2.75) is 33.4 Å². The molecule has 0 aliphatic heterocycles. The van der Waals surface area contributed by atoms with E-state index >= 15 is 0 Å². The highest BCUT2D eigenvalue weighted by Gasteiger charge is 2.26. The summed E-state index contributed by atoms with van der Waals surface area (Å²) in [6.45, 7) is 6.96. The number of aromatic nitrogens is 3. The van der Waals surface area contributed by atoms with Crippen molar-refractivity contribution in [2.75, 3.05) is 5.32 Å². The Morgan fingerprint density at radius 2 is 2.25 bits per heavy atom. The van der Waals surface area contributed by atoms with Crippen molar-refractivity contribution >= 4 is 22.5 Å². The largest absolute Gasteiger partial charge is 0.335 e. The van der Waals surface area contributed by atoms with Gasteiger partial charge in [-0.05, 0) is 5.41 Å². The molecule has 0 aliphatic rings. The molecule has 108 valence electrons. The van der Waals surface area contributed by atoms with E-state index in [0.717, 1.165) is 0 Å². The Hall–Kier alpha value is -1.89. The standard InChI is InChI=1S/C13H19N5OS/c1-13(2,3)10(8-18-6-4-14-9-18)16-11(19)17-12-15-5-7-20-12/h4-7,9-10H,8H2,1-3H3,(H2,15,16,17,19)/t10-/m0/s1. The van der Waals surface area contributed by atoms with E-state index in [1.807, 2.05) is 16.1 Å². The Balaban J connectivity index is 1.98. The van der Waals surface area contributed by atoms with Crippen molar-refractivity contribution in [1.82, 2.24) is 19.9 Å². The molecule has 0 saturated carbocycles. The van der Waals surface area contributed by atoms with Crippen molar-refractivity contribution in [3.63, 3.8) is 0 Å². The van der Waals surface area contributed by atoms with E-state index in [1.54, 1.807) is 18.7 Å². The number of thiazole rings is 1. The van der Waals surface area contributed by atoms with Gasteiger partial charge >= 0.3 is 6.03 Å². The third-order valence-electron chi connectivity index (χ3n) is 2.96. The lowest BCUT2D eigenvalue weighted by atomic mass is 9.86. The second-order valence-electron chi connectivity index (χ2n) is 5.61. The quantitative estimate of drug-likeness (QED) is 0.910. The molecule has 0 bridgehead atoms. The Bertz CT molecular complexity index is 530. The summed E-state index contributed by atoms with van der Waals surface area (Å²) in [5, 5.41) is 8.16. The van der Waals surface area contributed by atoms with Crippen LogP contribution in [0.4, 0.5) is 9.93 Å². The minimum Gasteiger partial charge on any atom is -0.335 e. The Kier molecular flexibility index (Phi) is 4.39. The molecule has 2 aromatic heterocycles. The predicted octanol–water partition coefficient (Wildman–Crippen LogP) is 2.58. The van der Waals surface area contributed by atoms with E-state index in [-0.39, 0.29) is 17.5 Å². The van der Waals surface area contributed by atoms with Crippen LogP contribution in [0.1, 0.15) is 20.8 Å². The van der Waals surface area contributed by atoms with Crippen molar-refractivity contribution in [3.05, 3.63) is 30.3 Å². The van der Waals surface area contributed by atoms with Gasteiger partial charge in [0.15, 0.2) is 5.13 Å². The van der Waals surface area contributed by atoms with Gasteiger partial charge in [0.2, 0.25) is 0 Å². The molecule has 2 rings (SSSR count). The number of urea groups is 1. The third-order valence-corrected chi connectivity index (χ3v) is 3.64. The molecule has 20 heavy (non-hydrogen) atoms. The monoisotopic (exact) mass is 293 g/mol. The van der Waals surface area contributed by atoms with Gasteiger partial charge < -0.3 is 9.88 Å². The zero-order chi connectivity index (χ0) is 14.6. The van der Waals surface area contributed by atoms with Crippen molar-refractivity contribution in [3.8, 4) is 0 Å². The van der Waals surface area contributed by atoms with E-state index in [4.69, 9.17) is 0 Å². The smallest absolute Gasteiger partial charge is 0.321 e. The molecule has 2 N–H and O–H groups in total. The van der Waals surface area contributed by atoms with Crippen LogP contribution in [-0.4, -0.2) is 26.6 Å². The molecule has 0 fully saturated rings. The van der Waals surface area contributed by atoms with Gasteiger partial charge in [0.25, 0.3) is 0 Å². The molecule has 0 radical (unpaired) electrons. The highest BCUT2D eigenvalue weighted by atomic mass is 32.1. The van der Waals surface area contributed by atoms with Gasteiger partial charge in [-0.2, -0.15) is 0 Å². The number of imidazole rings is 1. The highest BCUT2D eigenvalue weighted by molar-refractivity contribution is 7.13. The molecule has 0 spiro atoms. The van der Waals surface area contributed by atoms with E-state index in [0.29, 0.717) is 11.7 Å². The lowest BCUT2D eigenvalue weighted by Gasteiger charge is -2.31. The summed E-state index contributed by atoms with van der Waals surface area (Å²) in [5.41, 5.74) is -0.0650. The summed E-state index contributed by atoms with van der Waals surface area (Å²) in [5.74, 6) is 0. The Labute approximate surface area is 122 Å². The van der Waals surface area contributed by atoms with Crippen molar-refractivity contribution in [1.29, 1.82) is 0 Å². The van der Waals surface area contributed by atoms with Crippen molar-refractivity contribution in [2.24, 2.45) is 5.41 Å². The lowest BCUT2D eigenvalue weighted by Crippen LogP contribution is -2.47. The molecule has 2 heterocycles. The first-order chi connectivity index (χ1) is 9.45. The number of nitrogens with zero attached hydrogens (tertiary/aromatic N) is 3. The van der Waals surface area contributed by atoms with Crippen LogP contribution < -0.4 is 10.6 Å². The molecular weight excluding hydrogens is 274 g/mol. The first-order valence-electron chi connectivity index (χ1n) is 6.38. The number of hydrogen-bond acceptors (Lipinski definition) is 4. The van der Waals surface area contributed by atoms with Gasteiger partial charge in [0.1, 0.15) is 0 Å². The second-order valence-corrected chi connectivity index (χ2v) is 6.51. The average Bonchev–Trinajstić information content (AvgIpc) is 2.99. The lowest BCUT2D eigenvalue weighted by molar-refractivity contribution is 0.218. The fraction of sp³-hybridized carbons (Fsp3) is 0.462. The third kappa shape index (κ3) is 4.06. The normalized spacial score (nSPS) is 12.9. The fourth-order valence-corrected chi connectivity index (χ4v) is 2.24. The van der Waals surface area contributed by atoms with Crippen LogP contribution in [0.3, 0.4) is 0 Å². The molecule has 6 nitrogen and oxygen atoms in total. The van der Waals surface area contributed by atoms with E-state index in [9.17, 15) is 4.79 Å². The zero-order valence-corrected chi connectivity index (χ0v) is 12.6. The van der Waals surface area contributed by atoms with Crippen LogP contribution in [0.5, 0.6) is 0 Å². The minimum atomic E-state index is -0.236. The maximum Gasteiger partial charge on any atom is 0.321 e. The van der Waals surface area contributed by atoms with E-state index in [2.05, 4.69) is 41.4 Å². The first-order valence-corrected chi connectivity index (χ1v) is 7.26. The summed E-state index contributed by atoms with van der Waals surface area (Å²) < 4.78 is 1.96. The van der Waals surface area contributed by atoms with Gasteiger partial charge in [-0.1, -0.05) is 20.8 Å². The molecule has 0 aliphatic carbocycles. The van der Waals surface area contributed by atoms with E-state index in [1.165, 1.54) is 11.3 Å². The molecule has 1 atom stereocenters. The number of carbonyl (C=O) groups is 1. The summed E-state index contributed by atoms with van der Waals surface area (Å²) in [6, 6.07) is -0.253. The SMILES string of the molecule is CC(C)(C)[C@H](Cn1ccnc1)NC(=O)Nc1nccs1. The maximum absolute atomic E-state index is 12.0. The highest BCUT2D eigenvalue weighted by Crippen LogP contribution is 2.21. The maximum atomic E-state index is 12.0. The number of amides is 2. The molecule has 0 saturated heterocycles. The van der Waals surface area contributed by atoms with Gasteiger partial charge in [0.05, 0.1) is 12.4 Å². The van der Waals surface area contributed by atoms with Gasteiger partial charge in [0, 0.05) is 30.5 Å². The predicted molar refractivity (Wildman–Crippen MR) is 79.7 cm³/mol. The van der Waals surface area contributed by atoms with Gasteiger partial charge in [-0.25, -0.2) is 14.8 Å². The zero-order valence-electron chi connectivity index (χ0n) is 11.8. The van der Waals surface area contributed by atoms with E-state index < -0.39 is 0 Å². The first kappa shape index (κ1) is 14.5. The Morgan fingerprint density at radius 1 is 1.45 bits per heavy atom. The van der Waals surface area contributed by atoms with Crippen LogP contribution in [-0.2, 0) is 6.54 Å². The molecule has 0 aromatic carbocycles. The van der Waals surface area contributed by atoms with Crippen LogP contribution >= 0.6 is 11.3 Å². The molecule has 2 amide bonds. The topological polar surface area (TPSA) is 71.8 Å². The number of nitrogens with one attached hydrogen (secondary N) is 2. The minimum absolute atomic E-state index is 0.0170. The second kappa shape index (κ2) is 6.04. The van der Waals surface area contributed by atoms with Crippen LogP contribution in [0.15, 0.2) is 30.3 Å². The van der Waals surface area contributed by atoms with Crippen LogP contribution in [0, 0.1) is 5.41 Å². The Morgan fingerprint density at radius 3 is 2.80 bits per heavy atom. The molecule has 7 heteroatoms. The number of anilines is 1. The summed E-state index contributed by atoms with van der Waals surface area (Å²) in [6.07, 6.45) is 7.03. The van der Waals surface area contributed by atoms with Gasteiger partial charge in [-0.15, -0.1) is 11.3 Å². The fourth-order valence-electron chi connectivity index (χ4n) is 1.72. The number of carbonyl (C=O) groups excluding carboxylic acids is 1. The number of rotatable bonds is 4. The van der Waals surface area contributed by atoms with Gasteiger partial charge in [-0.3, -0.25) is 5.32 Å². The molecular formula is C13H19N5OS. The summed E-state index contributed by atoms with van der Waals surface area (Å²) in [7, 11) is 0. The van der Waals surface area contributed by atoms with Crippen LogP contribution in [0.25, 0.3) is 0 Å².